The van der Waals surface area contributed by atoms with Gasteiger partial charge in [-0.25, -0.2) is 0 Å². The standard InChI is InChI=1S/C17H26N2O2/c1-18(2)10-11-19(3)12-14-21-17-9-6-8-16(15-17)7-4-5-13-20/h6,8-9,15,20H,5,10-14H2,1-3H3. The van der Waals surface area contributed by atoms with Crippen molar-refractivity contribution in [2.45, 2.75) is 6.42 Å². The molecular formula is C17H26N2O2. The zero-order valence-electron chi connectivity index (χ0n) is 13.3. The van der Waals surface area contributed by atoms with Gasteiger partial charge in [0, 0.05) is 31.6 Å². The monoisotopic (exact) mass is 290 g/mol. The smallest absolute Gasteiger partial charge is 0.120 e. The molecule has 0 aliphatic rings. The van der Waals surface area contributed by atoms with E-state index in [1.54, 1.807) is 0 Å². The first-order chi connectivity index (χ1) is 10.1. The van der Waals surface area contributed by atoms with Gasteiger partial charge in [-0.05, 0) is 39.3 Å². The Morgan fingerprint density at radius 2 is 1.95 bits per heavy atom. The highest BCUT2D eigenvalue weighted by Gasteiger charge is 2.00. The van der Waals surface area contributed by atoms with Gasteiger partial charge in [-0.3, -0.25) is 0 Å². The largest absolute Gasteiger partial charge is 0.492 e. The summed E-state index contributed by atoms with van der Waals surface area (Å²) in [4.78, 5) is 4.43. The van der Waals surface area contributed by atoms with Crippen LogP contribution in [0.4, 0.5) is 0 Å². The van der Waals surface area contributed by atoms with Crippen molar-refractivity contribution >= 4 is 0 Å². The zero-order valence-corrected chi connectivity index (χ0v) is 13.3. The molecule has 1 N–H and O–H groups in total. The van der Waals surface area contributed by atoms with Gasteiger partial charge in [0.1, 0.15) is 12.4 Å². The Bertz CT molecular complexity index is 463. The van der Waals surface area contributed by atoms with E-state index in [-0.39, 0.29) is 6.61 Å². The molecule has 0 atom stereocenters. The van der Waals surface area contributed by atoms with Crippen molar-refractivity contribution in [2.75, 3.05) is 54.0 Å². The van der Waals surface area contributed by atoms with Crippen LogP contribution in [0.1, 0.15) is 12.0 Å². The Hall–Kier alpha value is -1.54. The van der Waals surface area contributed by atoms with E-state index in [9.17, 15) is 0 Å². The first-order valence-electron chi connectivity index (χ1n) is 7.27. The second kappa shape index (κ2) is 10.2. The normalized spacial score (nSPS) is 10.6. The van der Waals surface area contributed by atoms with E-state index in [0.29, 0.717) is 13.0 Å². The average Bonchev–Trinajstić information content (AvgIpc) is 2.46. The van der Waals surface area contributed by atoms with Gasteiger partial charge in [0.05, 0.1) is 6.61 Å². The summed E-state index contributed by atoms with van der Waals surface area (Å²) < 4.78 is 5.76. The summed E-state index contributed by atoms with van der Waals surface area (Å²) in [5.74, 6) is 6.76. The van der Waals surface area contributed by atoms with Gasteiger partial charge in [0.25, 0.3) is 0 Å². The molecule has 1 aromatic rings. The molecule has 0 saturated carbocycles. The number of nitrogens with zero attached hydrogens (tertiary/aromatic N) is 2. The minimum atomic E-state index is 0.0997. The highest BCUT2D eigenvalue weighted by Crippen LogP contribution is 2.12. The number of aliphatic hydroxyl groups excluding tert-OH is 1. The molecule has 0 saturated heterocycles. The van der Waals surface area contributed by atoms with Crippen molar-refractivity contribution in [2.24, 2.45) is 0 Å². The van der Waals surface area contributed by atoms with Crippen LogP contribution in [0.3, 0.4) is 0 Å². The van der Waals surface area contributed by atoms with Crippen LogP contribution in [-0.4, -0.2) is 68.9 Å². The molecule has 0 spiro atoms. The Morgan fingerprint density at radius 1 is 1.14 bits per heavy atom. The minimum absolute atomic E-state index is 0.0997. The molecule has 0 aliphatic heterocycles. The summed E-state index contributed by atoms with van der Waals surface area (Å²) in [6.07, 6.45) is 0.502. The van der Waals surface area contributed by atoms with Gasteiger partial charge in [-0.1, -0.05) is 17.9 Å². The summed E-state index contributed by atoms with van der Waals surface area (Å²) >= 11 is 0. The number of ether oxygens (including phenoxy) is 1. The Labute approximate surface area is 128 Å². The van der Waals surface area contributed by atoms with Gasteiger partial charge >= 0.3 is 0 Å². The molecule has 0 bridgehead atoms. The van der Waals surface area contributed by atoms with Gasteiger partial charge in [-0.15, -0.1) is 0 Å². The maximum atomic E-state index is 8.71. The van der Waals surface area contributed by atoms with E-state index in [4.69, 9.17) is 9.84 Å². The van der Waals surface area contributed by atoms with Gasteiger partial charge in [0.15, 0.2) is 0 Å². The van der Waals surface area contributed by atoms with E-state index in [1.165, 1.54) is 0 Å². The first-order valence-corrected chi connectivity index (χ1v) is 7.27. The molecule has 0 fully saturated rings. The number of rotatable bonds is 8. The molecular weight excluding hydrogens is 264 g/mol. The summed E-state index contributed by atoms with van der Waals surface area (Å²) in [5.41, 5.74) is 0.918. The average molecular weight is 290 g/mol. The van der Waals surface area contributed by atoms with Gasteiger partial charge < -0.3 is 19.6 Å². The van der Waals surface area contributed by atoms with Gasteiger partial charge in [0.2, 0.25) is 0 Å². The zero-order chi connectivity index (χ0) is 15.5. The van der Waals surface area contributed by atoms with Crippen LogP contribution in [0, 0.1) is 11.8 Å². The SMILES string of the molecule is CN(C)CCN(C)CCOc1cccc(C#CCCO)c1. The number of hydrogen-bond acceptors (Lipinski definition) is 4. The van der Waals surface area contributed by atoms with Crippen LogP contribution in [0.15, 0.2) is 24.3 Å². The maximum Gasteiger partial charge on any atom is 0.120 e. The third-order valence-corrected chi connectivity index (χ3v) is 2.97. The molecule has 0 amide bonds. The molecule has 0 unspecified atom stereocenters. The quantitative estimate of drug-likeness (QED) is 0.732. The van der Waals surface area contributed by atoms with Crippen LogP contribution >= 0.6 is 0 Å². The number of hydrogen-bond donors (Lipinski definition) is 1. The van der Waals surface area contributed by atoms with Crippen molar-refractivity contribution in [1.82, 2.24) is 9.80 Å². The first kappa shape index (κ1) is 17.5. The van der Waals surface area contributed by atoms with Crippen molar-refractivity contribution < 1.29 is 9.84 Å². The molecule has 0 aliphatic carbocycles. The Kier molecular flexibility index (Phi) is 8.53. The lowest BCUT2D eigenvalue weighted by Gasteiger charge is -2.19. The fraction of sp³-hybridized carbons (Fsp3) is 0.529. The fourth-order valence-electron chi connectivity index (χ4n) is 1.69. The lowest BCUT2D eigenvalue weighted by Crippen LogP contribution is -2.31. The highest BCUT2D eigenvalue weighted by atomic mass is 16.5. The van der Waals surface area contributed by atoms with Crippen molar-refractivity contribution in [1.29, 1.82) is 0 Å². The van der Waals surface area contributed by atoms with Gasteiger partial charge in [-0.2, -0.15) is 0 Å². The molecule has 4 heteroatoms. The van der Waals surface area contributed by atoms with E-state index >= 15 is 0 Å². The molecule has 116 valence electrons. The maximum absolute atomic E-state index is 8.71. The summed E-state index contributed by atoms with van der Waals surface area (Å²) in [7, 11) is 6.25. The van der Waals surface area contributed by atoms with E-state index in [1.807, 2.05) is 24.3 Å². The van der Waals surface area contributed by atoms with E-state index < -0.39 is 0 Å². The molecule has 4 nitrogen and oxygen atoms in total. The highest BCUT2D eigenvalue weighted by molar-refractivity contribution is 5.39. The molecule has 0 radical (unpaired) electrons. The minimum Gasteiger partial charge on any atom is -0.492 e. The molecule has 1 aromatic carbocycles. The van der Waals surface area contributed by atoms with Crippen molar-refractivity contribution in [3.05, 3.63) is 29.8 Å². The number of aliphatic hydroxyl groups is 1. The summed E-state index contributed by atoms with van der Waals surface area (Å²) in [6.45, 7) is 3.74. The predicted molar refractivity (Wildman–Crippen MR) is 86.6 cm³/mol. The van der Waals surface area contributed by atoms with Crippen LogP contribution in [0.5, 0.6) is 5.75 Å². The molecule has 0 aromatic heterocycles. The van der Waals surface area contributed by atoms with E-state index in [2.05, 4.69) is 42.8 Å². The van der Waals surface area contributed by atoms with Crippen LogP contribution in [0.25, 0.3) is 0 Å². The third-order valence-electron chi connectivity index (χ3n) is 2.97. The van der Waals surface area contributed by atoms with E-state index in [0.717, 1.165) is 30.9 Å². The van der Waals surface area contributed by atoms with Crippen molar-refractivity contribution in [3.8, 4) is 17.6 Å². The second-order valence-corrected chi connectivity index (χ2v) is 5.26. The molecule has 1 rings (SSSR count). The number of likely N-dealkylation sites (N-methyl/N-ethyl adjacent to an activating group) is 2. The predicted octanol–water partition coefficient (Wildman–Crippen LogP) is 1.29. The molecule has 21 heavy (non-hydrogen) atoms. The summed E-state index contributed by atoms with van der Waals surface area (Å²) in [6, 6.07) is 7.76. The Morgan fingerprint density at radius 3 is 2.67 bits per heavy atom. The molecule has 0 heterocycles. The third kappa shape index (κ3) is 8.36. The lowest BCUT2D eigenvalue weighted by atomic mass is 10.2. The summed E-state index contributed by atoms with van der Waals surface area (Å²) in [5, 5.41) is 8.71. The second-order valence-electron chi connectivity index (χ2n) is 5.26. The van der Waals surface area contributed by atoms with Crippen LogP contribution in [0.2, 0.25) is 0 Å². The van der Waals surface area contributed by atoms with Crippen LogP contribution in [-0.2, 0) is 0 Å². The number of benzene rings is 1. The lowest BCUT2D eigenvalue weighted by molar-refractivity contribution is 0.222. The fourth-order valence-corrected chi connectivity index (χ4v) is 1.69. The Balaban J connectivity index is 2.35. The topological polar surface area (TPSA) is 35.9 Å². The van der Waals surface area contributed by atoms with Crippen molar-refractivity contribution in [3.63, 3.8) is 0 Å². The van der Waals surface area contributed by atoms with Crippen LogP contribution < -0.4 is 4.74 Å².